The second kappa shape index (κ2) is 5.84. The molecule has 0 bridgehead atoms. The van der Waals surface area contributed by atoms with Crippen molar-refractivity contribution in [2.75, 3.05) is 11.1 Å². The van der Waals surface area contributed by atoms with Crippen molar-refractivity contribution in [1.82, 2.24) is 15.0 Å². The molecule has 0 aliphatic carbocycles. The zero-order valence-electron chi connectivity index (χ0n) is 11.7. The highest BCUT2D eigenvalue weighted by molar-refractivity contribution is 9.10. The van der Waals surface area contributed by atoms with E-state index in [9.17, 15) is 4.39 Å². The summed E-state index contributed by atoms with van der Waals surface area (Å²) in [7, 11) is 0. The van der Waals surface area contributed by atoms with Gasteiger partial charge in [-0.25, -0.2) is 14.4 Å². The molecule has 1 aromatic carbocycles. The van der Waals surface area contributed by atoms with Crippen molar-refractivity contribution in [3.63, 3.8) is 0 Å². The number of aromatic nitrogens is 3. The number of nitrogen functional groups attached to an aromatic ring is 1. The highest BCUT2D eigenvalue weighted by atomic mass is 79.9. The van der Waals surface area contributed by atoms with Gasteiger partial charge in [-0.3, -0.25) is 4.98 Å². The van der Waals surface area contributed by atoms with E-state index in [1.807, 2.05) is 19.1 Å². The summed E-state index contributed by atoms with van der Waals surface area (Å²) in [5, 5.41) is 3.96. The molecule has 0 radical (unpaired) electrons. The van der Waals surface area contributed by atoms with Crippen LogP contribution in [0, 0.1) is 5.82 Å². The number of benzene rings is 1. The summed E-state index contributed by atoms with van der Waals surface area (Å²) in [6.45, 7) is 1.84. The molecule has 0 amide bonds. The van der Waals surface area contributed by atoms with Crippen molar-refractivity contribution in [2.24, 2.45) is 0 Å². The molecule has 2 heterocycles. The van der Waals surface area contributed by atoms with Crippen LogP contribution in [0.25, 0.3) is 10.9 Å². The van der Waals surface area contributed by atoms with Crippen LogP contribution in [0.1, 0.15) is 18.5 Å². The molecule has 0 saturated heterocycles. The largest absolute Gasteiger partial charge is 0.381 e. The van der Waals surface area contributed by atoms with Gasteiger partial charge < -0.3 is 11.1 Å². The Morgan fingerprint density at radius 3 is 2.91 bits per heavy atom. The van der Waals surface area contributed by atoms with Gasteiger partial charge in [0.25, 0.3) is 0 Å². The fourth-order valence-corrected chi connectivity index (χ4v) is 2.51. The first-order valence-electron chi connectivity index (χ1n) is 6.63. The lowest BCUT2D eigenvalue weighted by Crippen LogP contribution is -2.12. The van der Waals surface area contributed by atoms with Crippen molar-refractivity contribution < 1.29 is 4.39 Å². The van der Waals surface area contributed by atoms with Gasteiger partial charge in [-0.2, -0.15) is 0 Å². The highest BCUT2D eigenvalue weighted by Gasteiger charge is 2.14. The molecule has 0 aliphatic rings. The molecule has 3 N–H and O–H groups in total. The third-order valence-electron chi connectivity index (χ3n) is 3.31. The van der Waals surface area contributed by atoms with Crippen LogP contribution in [0.15, 0.2) is 41.3 Å². The van der Waals surface area contributed by atoms with Gasteiger partial charge in [0.2, 0.25) is 0 Å². The number of hydrogen-bond acceptors (Lipinski definition) is 5. The van der Waals surface area contributed by atoms with E-state index < -0.39 is 0 Å². The van der Waals surface area contributed by atoms with E-state index >= 15 is 0 Å². The maximum absolute atomic E-state index is 14.3. The average Bonchev–Trinajstić information content (AvgIpc) is 2.49. The van der Waals surface area contributed by atoms with Gasteiger partial charge in [0.15, 0.2) is 11.6 Å². The van der Waals surface area contributed by atoms with Crippen molar-refractivity contribution in [2.45, 2.75) is 13.0 Å². The number of nitrogens with two attached hydrogens (primary N) is 1. The Bertz CT molecular complexity index is 839. The number of rotatable bonds is 3. The normalized spacial score (nSPS) is 12.3. The Labute approximate surface area is 134 Å². The van der Waals surface area contributed by atoms with Crippen molar-refractivity contribution >= 4 is 38.5 Å². The minimum Gasteiger partial charge on any atom is -0.381 e. The van der Waals surface area contributed by atoms with E-state index in [1.165, 1.54) is 12.3 Å². The Morgan fingerprint density at radius 2 is 2.14 bits per heavy atom. The summed E-state index contributed by atoms with van der Waals surface area (Å²) >= 11 is 3.20. The van der Waals surface area contributed by atoms with Crippen LogP contribution in [-0.4, -0.2) is 15.0 Å². The second-order valence-electron chi connectivity index (χ2n) is 4.86. The molecule has 0 spiro atoms. The molecule has 0 aliphatic heterocycles. The van der Waals surface area contributed by atoms with Crippen molar-refractivity contribution in [3.8, 4) is 0 Å². The summed E-state index contributed by atoms with van der Waals surface area (Å²) in [6.07, 6.45) is 3.17. The van der Waals surface area contributed by atoms with Gasteiger partial charge in [0.1, 0.15) is 10.4 Å². The third kappa shape index (κ3) is 2.85. The van der Waals surface area contributed by atoms with Crippen LogP contribution >= 0.6 is 15.9 Å². The SMILES string of the molecule is CC(Nc1ncc(Br)nc1N)c1cc2cccnc2cc1F. The fraction of sp³-hybridized carbons (Fsp3) is 0.133. The van der Waals surface area contributed by atoms with Gasteiger partial charge in [-0.15, -0.1) is 0 Å². The number of pyridine rings is 1. The number of hydrogen-bond donors (Lipinski definition) is 2. The zero-order valence-corrected chi connectivity index (χ0v) is 13.3. The maximum Gasteiger partial charge on any atom is 0.169 e. The fourth-order valence-electron chi connectivity index (χ4n) is 2.22. The predicted octanol–water partition coefficient (Wildman–Crippen LogP) is 3.68. The van der Waals surface area contributed by atoms with Crippen LogP contribution in [0.2, 0.25) is 0 Å². The lowest BCUT2D eigenvalue weighted by atomic mass is 10.0. The summed E-state index contributed by atoms with van der Waals surface area (Å²) in [5.74, 6) is 0.348. The Kier molecular flexibility index (Phi) is 3.89. The van der Waals surface area contributed by atoms with E-state index in [4.69, 9.17) is 5.73 Å². The minimum atomic E-state index is -0.324. The summed E-state index contributed by atoms with van der Waals surface area (Å²) in [5.41, 5.74) is 6.95. The van der Waals surface area contributed by atoms with Crippen LogP contribution in [-0.2, 0) is 0 Å². The van der Waals surface area contributed by atoms with Gasteiger partial charge in [0.05, 0.1) is 17.8 Å². The topological polar surface area (TPSA) is 76.7 Å². The molecule has 0 fully saturated rings. The average molecular weight is 362 g/mol. The number of halogens is 2. The zero-order chi connectivity index (χ0) is 15.7. The van der Waals surface area contributed by atoms with Crippen LogP contribution in [0.4, 0.5) is 16.0 Å². The molecule has 1 atom stereocenters. The molecule has 0 saturated carbocycles. The second-order valence-corrected chi connectivity index (χ2v) is 5.67. The van der Waals surface area contributed by atoms with E-state index in [2.05, 4.69) is 36.2 Å². The molecule has 5 nitrogen and oxygen atoms in total. The first kappa shape index (κ1) is 14.6. The summed E-state index contributed by atoms with van der Waals surface area (Å²) < 4.78 is 14.8. The minimum absolute atomic E-state index is 0.254. The summed E-state index contributed by atoms with van der Waals surface area (Å²) in [6, 6.07) is 6.60. The Hall–Kier alpha value is -2.28. The first-order chi connectivity index (χ1) is 10.5. The van der Waals surface area contributed by atoms with Crippen LogP contribution in [0.5, 0.6) is 0 Å². The molecule has 3 aromatic rings. The smallest absolute Gasteiger partial charge is 0.169 e. The molecule has 1 unspecified atom stereocenters. The molecule has 2 aromatic heterocycles. The molecule has 3 rings (SSSR count). The first-order valence-corrected chi connectivity index (χ1v) is 7.42. The quantitative estimate of drug-likeness (QED) is 0.743. The molecular weight excluding hydrogens is 349 g/mol. The van der Waals surface area contributed by atoms with E-state index in [-0.39, 0.29) is 17.7 Å². The van der Waals surface area contributed by atoms with Gasteiger partial charge >= 0.3 is 0 Å². The Balaban J connectivity index is 1.94. The highest BCUT2D eigenvalue weighted by Crippen LogP contribution is 2.26. The van der Waals surface area contributed by atoms with E-state index in [1.54, 1.807) is 12.3 Å². The van der Waals surface area contributed by atoms with E-state index in [0.717, 1.165) is 5.39 Å². The molecule has 22 heavy (non-hydrogen) atoms. The van der Waals surface area contributed by atoms with Gasteiger partial charge in [-0.1, -0.05) is 6.07 Å². The number of nitrogens with one attached hydrogen (secondary N) is 1. The third-order valence-corrected chi connectivity index (χ3v) is 3.69. The van der Waals surface area contributed by atoms with Crippen LogP contribution < -0.4 is 11.1 Å². The van der Waals surface area contributed by atoms with Gasteiger partial charge in [0, 0.05) is 23.2 Å². The molecular formula is C15H13BrFN5. The molecule has 7 heteroatoms. The number of anilines is 2. The van der Waals surface area contributed by atoms with Crippen LogP contribution in [0.3, 0.4) is 0 Å². The molecule has 112 valence electrons. The number of nitrogens with zero attached hydrogens (tertiary/aromatic N) is 3. The Morgan fingerprint density at radius 1 is 1.32 bits per heavy atom. The van der Waals surface area contributed by atoms with Gasteiger partial charge in [-0.05, 0) is 35.0 Å². The lowest BCUT2D eigenvalue weighted by Gasteiger charge is -2.17. The standard InChI is InChI=1S/C15H13BrFN5/c1-8(21-15-14(18)22-13(16)7-20-15)10-5-9-3-2-4-19-12(9)6-11(10)17/h2-8H,1H3,(H2,18,22)(H,20,21). The predicted molar refractivity (Wildman–Crippen MR) is 87.9 cm³/mol. The van der Waals surface area contributed by atoms with E-state index in [0.29, 0.717) is 21.5 Å². The van der Waals surface area contributed by atoms with Crippen molar-refractivity contribution in [3.05, 3.63) is 52.6 Å². The lowest BCUT2D eigenvalue weighted by molar-refractivity contribution is 0.602. The monoisotopic (exact) mass is 361 g/mol. The number of fused-ring (bicyclic) bond motifs is 1. The van der Waals surface area contributed by atoms with Crippen molar-refractivity contribution in [1.29, 1.82) is 0 Å². The maximum atomic E-state index is 14.3. The summed E-state index contributed by atoms with van der Waals surface area (Å²) in [4.78, 5) is 12.4.